The lowest BCUT2D eigenvalue weighted by atomic mass is 10.0. The van der Waals surface area contributed by atoms with Crippen molar-refractivity contribution in [3.05, 3.63) is 29.3 Å². The van der Waals surface area contributed by atoms with Gasteiger partial charge in [0.15, 0.2) is 0 Å². The Labute approximate surface area is 163 Å². The number of carbonyl (C=O) groups excluding carboxylic acids is 1. The zero-order chi connectivity index (χ0) is 20.7. The molecule has 0 spiro atoms. The number of nitrogens with zero attached hydrogens (tertiary/aromatic N) is 2. The molecule has 0 aliphatic carbocycles. The maximum atomic E-state index is 13.7. The molecule has 2 bridgehead atoms. The van der Waals surface area contributed by atoms with Gasteiger partial charge in [0.1, 0.15) is 5.60 Å². The Morgan fingerprint density at radius 2 is 1.79 bits per heavy atom. The van der Waals surface area contributed by atoms with Gasteiger partial charge in [0.2, 0.25) is 0 Å². The SMILES string of the molecule is CC(C)(C)OC(=O)N1C2CCC1CN(c1ccc(CCN)cc1C(F)(F)F)C2. The van der Waals surface area contributed by atoms with Crippen LogP contribution in [0.15, 0.2) is 18.2 Å². The van der Waals surface area contributed by atoms with Crippen LogP contribution in [0.4, 0.5) is 23.7 Å². The topological polar surface area (TPSA) is 58.8 Å². The molecule has 5 nitrogen and oxygen atoms in total. The fourth-order valence-corrected chi connectivity index (χ4v) is 4.12. The van der Waals surface area contributed by atoms with Crippen LogP contribution in [-0.2, 0) is 17.3 Å². The number of piperazine rings is 1. The van der Waals surface area contributed by atoms with Crippen molar-refractivity contribution in [3.63, 3.8) is 0 Å². The molecule has 2 atom stereocenters. The van der Waals surface area contributed by atoms with E-state index in [0.717, 1.165) is 12.8 Å². The molecule has 1 aromatic carbocycles. The van der Waals surface area contributed by atoms with E-state index in [0.29, 0.717) is 31.6 Å². The molecule has 156 valence electrons. The fraction of sp³-hybridized carbons (Fsp3) is 0.650. The molecule has 0 saturated carbocycles. The Bertz CT molecular complexity index is 716. The smallest absolute Gasteiger partial charge is 0.418 e. The monoisotopic (exact) mass is 399 g/mol. The number of halogens is 3. The number of benzene rings is 1. The first-order valence-corrected chi connectivity index (χ1v) is 9.66. The third-order valence-electron chi connectivity index (χ3n) is 5.23. The summed E-state index contributed by atoms with van der Waals surface area (Å²) in [7, 11) is 0. The second-order valence-electron chi connectivity index (χ2n) is 8.57. The van der Waals surface area contributed by atoms with Crippen LogP contribution in [0.2, 0.25) is 0 Å². The molecular formula is C20H28F3N3O2. The number of hydrogen-bond acceptors (Lipinski definition) is 4. The van der Waals surface area contributed by atoms with Crippen LogP contribution >= 0.6 is 0 Å². The molecular weight excluding hydrogens is 371 g/mol. The number of rotatable bonds is 3. The van der Waals surface area contributed by atoms with E-state index in [1.807, 2.05) is 20.8 Å². The van der Waals surface area contributed by atoms with Crippen molar-refractivity contribution in [1.82, 2.24) is 4.90 Å². The zero-order valence-electron chi connectivity index (χ0n) is 16.6. The van der Waals surface area contributed by atoms with E-state index in [1.165, 1.54) is 12.1 Å². The minimum atomic E-state index is -4.44. The van der Waals surface area contributed by atoms with Gasteiger partial charge < -0.3 is 15.4 Å². The van der Waals surface area contributed by atoms with Crippen molar-refractivity contribution < 1.29 is 22.7 Å². The number of carbonyl (C=O) groups is 1. The molecule has 3 rings (SSSR count). The maximum Gasteiger partial charge on any atom is 0.418 e. The van der Waals surface area contributed by atoms with E-state index < -0.39 is 17.3 Å². The average molecular weight is 399 g/mol. The summed E-state index contributed by atoms with van der Waals surface area (Å²) in [5.74, 6) is 0. The summed E-state index contributed by atoms with van der Waals surface area (Å²) in [6, 6.07) is 4.16. The Morgan fingerprint density at radius 1 is 1.18 bits per heavy atom. The Kier molecular flexibility index (Phi) is 5.53. The van der Waals surface area contributed by atoms with Crippen molar-refractivity contribution in [2.45, 2.75) is 63.9 Å². The van der Waals surface area contributed by atoms with Gasteiger partial charge in [0.25, 0.3) is 0 Å². The van der Waals surface area contributed by atoms with Crippen LogP contribution < -0.4 is 10.6 Å². The molecule has 2 fully saturated rings. The molecule has 0 radical (unpaired) electrons. The van der Waals surface area contributed by atoms with Gasteiger partial charge in [-0.05, 0) is 64.3 Å². The van der Waals surface area contributed by atoms with Gasteiger partial charge in [0, 0.05) is 18.8 Å². The standard InChI is InChI=1S/C20H28F3N3O2/c1-19(2,3)28-18(27)26-14-5-6-15(26)12-25(11-14)17-7-4-13(8-9-24)10-16(17)20(21,22)23/h4,7,10,14-15H,5-6,8-9,11-12,24H2,1-3H3. The summed E-state index contributed by atoms with van der Waals surface area (Å²) in [6.07, 6.45) is -2.88. The maximum absolute atomic E-state index is 13.7. The molecule has 2 aliphatic heterocycles. The third-order valence-corrected chi connectivity index (χ3v) is 5.23. The van der Waals surface area contributed by atoms with Gasteiger partial charge >= 0.3 is 12.3 Å². The van der Waals surface area contributed by atoms with Crippen LogP contribution in [-0.4, -0.2) is 48.3 Å². The van der Waals surface area contributed by atoms with Crippen molar-refractivity contribution in [2.24, 2.45) is 5.73 Å². The van der Waals surface area contributed by atoms with Crippen molar-refractivity contribution in [3.8, 4) is 0 Å². The molecule has 28 heavy (non-hydrogen) atoms. The molecule has 1 aromatic rings. The Balaban J connectivity index is 1.83. The Morgan fingerprint density at radius 3 is 2.29 bits per heavy atom. The summed E-state index contributed by atoms with van der Waals surface area (Å²) in [6.45, 7) is 6.46. The lowest BCUT2D eigenvalue weighted by molar-refractivity contribution is -0.137. The fourth-order valence-electron chi connectivity index (χ4n) is 4.12. The molecule has 1 amide bonds. The van der Waals surface area contributed by atoms with Crippen molar-refractivity contribution >= 4 is 11.8 Å². The van der Waals surface area contributed by atoms with Crippen molar-refractivity contribution in [2.75, 3.05) is 24.5 Å². The Hall–Kier alpha value is -1.96. The number of hydrogen-bond donors (Lipinski definition) is 1. The first kappa shape index (κ1) is 20.8. The summed E-state index contributed by atoms with van der Waals surface area (Å²) in [5, 5.41) is 0. The highest BCUT2D eigenvalue weighted by Gasteiger charge is 2.46. The highest BCUT2D eigenvalue weighted by atomic mass is 19.4. The van der Waals surface area contributed by atoms with E-state index in [-0.39, 0.29) is 23.9 Å². The van der Waals surface area contributed by atoms with Crippen LogP contribution in [0.3, 0.4) is 0 Å². The first-order valence-electron chi connectivity index (χ1n) is 9.66. The normalized spacial score (nSPS) is 22.5. The molecule has 2 heterocycles. The second kappa shape index (κ2) is 7.46. The van der Waals surface area contributed by atoms with Gasteiger partial charge in [-0.3, -0.25) is 4.90 Å². The van der Waals surface area contributed by atoms with Crippen LogP contribution in [0.25, 0.3) is 0 Å². The van der Waals surface area contributed by atoms with E-state index in [1.54, 1.807) is 15.9 Å². The number of alkyl halides is 3. The van der Waals surface area contributed by atoms with Crippen LogP contribution in [0.5, 0.6) is 0 Å². The lowest BCUT2D eigenvalue weighted by Crippen LogP contribution is -2.57. The number of ether oxygens (including phenoxy) is 1. The molecule has 0 aromatic heterocycles. The molecule has 2 N–H and O–H groups in total. The summed E-state index contributed by atoms with van der Waals surface area (Å²) in [4.78, 5) is 16.0. The van der Waals surface area contributed by atoms with Gasteiger partial charge in [-0.2, -0.15) is 13.2 Å². The second-order valence-corrected chi connectivity index (χ2v) is 8.57. The van der Waals surface area contributed by atoms with Crippen LogP contribution in [0.1, 0.15) is 44.7 Å². The average Bonchev–Trinajstić information content (AvgIpc) is 2.83. The number of nitrogens with two attached hydrogens (primary N) is 1. The van der Waals surface area contributed by atoms with Crippen molar-refractivity contribution in [1.29, 1.82) is 0 Å². The van der Waals surface area contributed by atoms with E-state index >= 15 is 0 Å². The minimum absolute atomic E-state index is 0.140. The number of anilines is 1. The lowest BCUT2D eigenvalue weighted by Gasteiger charge is -2.43. The molecule has 2 saturated heterocycles. The van der Waals surface area contributed by atoms with Crippen LogP contribution in [0, 0.1) is 0 Å². The van der Waals surface area contributed by atoms with Gasteiger partial charge in [-0.25, -0.2) is 4.79 Å². The minimum Gasteiger partial charge on any atom is -0.444 e. The zero-order valence-corrected chi connectivity index (χ0v) is 16.6. The quantitative estimate of drug-likeness (QED) is 0.840. The molecule has 2 unspecified atom stereocenters. The van der Waals surface area contributed by atoms with E-state index in [2.05, 4.69) is 0 Å². The van der Waals surface area contributed by atoms with Gasteiger partial charge in [0.05, 0.1) is 17.6 Å². The van der Waals surface area contributed by atoms with E-state index in [4.69, 9.17) is 10.5 Å². The predicted octanol–water partition coefficient (Wildman–Crippen LogP) is 3.79. The number of amides is 1. The highest BCUT2D eigenvalue weighted by Crippen LogP contribution is 2.40. The van der Waals surface area contributed by atoms with E-state index in [9.17, 15) is 18.0 Å². The summed E-state index contributed by atoms with van der Waals surface area (Å²) in [5.41, 5.74) is 5.01. The van der Waals surface area contributed by atoms with Gasteiger partial charge in [-0.1, -0.05) is 6.07 Å². The molecule has 2 aliphatic rings. The largest absolute Gasteiger partial charge is 0.444 e. The van der Waals surface area contributed by atoms with Gasteiger partial charge in [-0.15, -0.1) is 0 Å². The molecule has 8 heteroatoms. The highest BCUT2D eigenvalue weighted by molar-refractivity contribution is 5.70. The predicted molar refractivity (Wildman–Crippen MR) is 101 cm³/mol. The summed E-state index contributed by atoms with van der Waals surface area (Å²) >= 11 is 0. The summed E-state index contributed by atoms with van der Waals surface area (Å²) < 4.78 is 46.5. The third kappa shape index (κ3) is 4.37. The number of fused-ring (bicyclic) bond motifs is 2. The first-order chi connectivity index (χ1) is 13.0.